The molecular formula is C28H33N7O3S. The lowest BCUT2D eigenvalue weighted by molar-refractivity contribution is 0.122. The van der Waals surface area contributed by atoms with Crippen LogP contribution in [0.2, 0.25) is 0 Å². The Hall–Kier alpha value is -3.67. The van der Waals surface area contributed by atoms with Gasteiger partial charge in [0.05, 0.1) is 30.0 Å². The molecule has 39 heavy (non-hydrogen) atoms. The first kappa shape index (κ1) is 25.6. The highest BCUT2D eigenvalue weighted by atomic mass is 32.2. The molecule has 0 saturated carbocycles. The summed E-state index contributed by atoms with van der Waals surface area (Å²) in [5, 5.41) is 0.955. The second kappa shape index (κ2) is 10.5. The summed E-state index contributed by atoms with van der Waals surface area (Å²) in [6.45, 7) is 4.62. The Morgan fingerprint density at radius 2 is 1.85 bits per heavy atom. The van der Waals surface area contributed by atoms with E-state index in [0.29, 0.717) is 18.9 Å². The van der Waals surface area contributed by atoms with E-state index in [-0.39, 0.29) is 11.8 Å². The number of aromatic amines is 1. The summed E-state index contributed by atoms with van der Waals surface area (Å²) in [7, 11) is -1.99. The molecule has 6 rings (SSSR count). The summed E-state index contributed by atoms with van der Waals surface area (Å²) < 4.78 is 33.4. The van der Waals surface area contributed by atoms with Gasteiger partial charge >= 0.3 is 0 Å². The summed E-state index contributed by atoms with van der Waals surface area (Å²) >= 11 is 0. The van der Waals surface area contributed by atoms with Gasteiger partial charge in [0, 0.05) is 50.6 Å². The average Bonchev–Trinajstić information content (AvgIpc) is 3.59. The molecule has 0 aliphatic carbocycles. The Labute approximate surface area is 228 Å². The standard InChI is InChI=1S/C28H33N7O3S/c1-33(39(36,37)18-20-3-2-4-24(15-20)35-10-9-22(29)17-35)23-7-5-21(6-8-23)26-16-25-27(32-26)30-19-31-28(25)34-11-13-38-14-12-34/h2-8,15-16,19,22H,9-14,17-18,29H2,1H3,(H,30,31,32)/t22-/m0/s1. The molecule has 2 aliphatic rings. The minimum atomic E-state index is -3.59. The van der Waals surface area contributed by atoms with Crippen LogP contribution >= 0.6 is 0 Å². The lowest BCUT2D eigenvalue weighted by Crippen LogP contribution is -2.36. The normalized spacial score (nSPS) is 18.2. The van der Waals surface area contributed by atoms with Crippen molar-refractivity contribution >= 4 is 38.2 Å². The van der Waals surface area contributed by atoms with Gasteiger partial charge in [-0.3, -0.25) is 4.31 Å². The topological polar surface area (TPSA) is 121 Å². The van der Waals surface area contributed by atoms with Crippen LogP contribution in [0.15, 0.2) is 60.9 Å². The van der Waals surface area contributed by atoms with Gasteiger partial charge < -0.3 is 25.3 Å². The number of H-pyrrole nitrogens is 1. The number of aromatic nitrogens is 3. The van der Waals surface area contributed by atoms with Crippen molar-refractivity contribution in [2.24, 2.45) is 5.73 Å². The van der Waals surface area contributed by atoms with E-state index in [0.717, 1.165) is 72.0 Å². The van der Waals surface area contributed by atoms with Gasteiger partial charge in [0.1, 0.15) is 17.8 Å². The number of anilines is 3. The van der Waals surface area contributed by atoms with Crippen LogP contribution in [0.4, 0.5) is 17.2 Å². The van der Waals surface area contributed by atoms with Gasteiger partial charge in [0.15, 0.2) is 0 Å². The van der Waals surface area contributed by atoms with E-state index >= 15 is 0 Å². The molecule has 0 amide bonds. The molecule has 0 bridgehead atoms. The minimum absolute atomic E-state index is 0.0794. The Morgan fingerprint density at radius 3 is 2.59 bits per heavy atom. The summed E-state index contributed by atoms with van der Waals surface area (Å²) in [5.41, 5.74) is 11.0. The molecule has 0 spiro atoms. The van der Waals surface area contributed by atoms with Crippen molar-refractivity contribution in [1.29, 1.82) is 0 Å². The van der Waals surface area contributed by atoms with Crippen molar-refractivity contribution in [2.45, 2.75) is 18.2 Å². The Balaban J connectivity index is 1.19. The fourth-order valence-electron chi connectivity index (χ4n) is 5.29. The van der Waals surface area contributed by atoms with Gasteiger partial charge in [-0.05, 0) is 47.9 Å². The second-order valence-electron chi connectivity index (χ2n) is 10.2. The van der Waals surface area contributed by atoms with Crippen molar-refractivity contribution in [3.8, 4) is 11.3 Å². The molecule has 11 heteroatoms. The molecule has 2 aliphatic heterocycles. The van der Waals surface area contributed by atoms with Crippen LogP contribution in [0.1, 0.15) is 12.0 Å². The summed E-state index contributed by atoms with van der Waals surface area (Å²) in [6, 6.07) is 17.4. The summed E-state index contributed by atoms with van der Waals surface area (Å²) in [5.74, 6) is 0.814. The van der Waals surface area contributed by atoms with Crippen LogP contribution < -0.4 is 19.8 Å². The van der Waals surface area contributed by atoms with Crippen molar-refractivity contribution in [3.63, 3.8) is 0 Å². The van der Waals surface area contributed by atoms with E-state index in [1.54, 1.807) is 13.4 Å². The molecule has 204 valence electrons. The highest BCUT2D eigenvalue weighted by molar-refractivity contribution is 7.92. The molecule has 1 atom stereocenters. The van der Waals surface area contributed by atoms with E-state index in [1.807, 2.05) is 48.5 Å². The first-order valence-corrected chi connectivity index (χ1v) is 14.8. The summed E-state index contributed by atoms with van der Waals surface area (Å²) in [6.07, 6.45) is 2.52. The van der Waals surface area contributed by atoms with Crippen molar-refractivity contribution in [3.05, 3.63) is 66.5 Å². The third-order valence-electron chi connectivity index (χ3n) is 7.52. The molecule has 4 aromatic rings. The van der Waals surface area contributed by atoms with Crippen LogP contribution in [-0.4, -0.2) is 75.9 Å². The molecule has 2 aromatic heterocycles. The lowest BCUT2D eigenvalue weighted by Gasteiger charge is -2.27. The highest BCUT2D eigenvalue weighted by Gasteiger charge is 2.23. The van der Waals surface area contributed by atoms with Gasteiger partial charge in [-0.15, -0.1) is 0 Å². The third kappa shape index (κ3) is 5.29. The Kier molecular flexibility index (Phi) is 6.88. The maximum atomic E-state index is 13.3. The van der Waals surface area contributed by atoms with Crippen LogP contribution in [0.25, 0.3) is 22.3 Å². The second-order valence-corrected chi connectivity index (χ2v) is 12.2. The van der Waals surface area contributed by atoms with Crippen molar-refractivity contribution < 1.29 is 13.2 Å². The van der Waals surface area contributed by atoms with Gasteiger partial charge in [-0.25, -0.2) is 18.4 Å². The quantitative estimate of drug-likeness (QED) is 0.362. The van der Waals surface area contributed by atoms with E-state index < -0.39 is 10.0 Å². The first-order valence-electron chi connectivity index (χ1n) is 13.2. The number of hydrogen-bond acceptors (Lipinski definition) is 8. The number of fused-ring (bicyclic) bond motifs is 1. The molecule has 2 saturated heterocycles. The zero-order chi connectivity index (χ0) is 27.0. The van der Waals surface area contributed by atoms with Crippen molar-refractivity contribution in [2.75, 3.05) is 60.5 Å². The smallest absolute Gasteiger partial charge is 0.239 e. The van der Waals surface area contributed by atoms with E-state index in [9.17, 15) is 8.42 Å². The molecule has 10 nitrogen and oxygen atoms in total. The number of sulfonamides is 1. The number of morpholine rings is 1. The van der Waals surface area contributed by atoms with Crippen LogP contribution in [0, 0.1) is 0 Å². The van der Waals surface area contributed by atoms with Crippen LogP contribution in [0.5, 0.6) is 0 Å². The molecule has 3 N–H and O–H groups in total. The molecule has 0 radical (unpaired) electrons. The van der Waals surface area contributed by atoms with Gasteiger partial charge in [-0.1, -0.05) is 24.3 Å². The number of benzene rings is 2. The fraction of sp³-hybridized carbons (Fsp3) is 0.357. The van der Waals surface area contributed by atoms with E-state index in [2.05, 4.69) is 30.8 Å². The monoisotopic (exact) mass is 547 g/mol. The van der Waals surface area contributed by atoms with E-state index in [4.69, 9.17) is 10.5 Å². The predicted octanol–water partition coefficient (Wildman–Crippen LogP) is 2.97. The number of nitrogens with two attached hydrogens (primary N) is 1. The Bertz CT molecular complexity index is 1570. The summed E-state index contributed by atoms with van der Waals surface area (Å²) in [4.78, 5) is 16.7. The third-order valence-corrected chi connectivity index (χ3v) is 9.27. The maximum absolute atomic E-state index is 13.3. The number of nitrogens with one attached hydrogen (secondary N) is 1. The zero-order valence-corrected chi connectivity index (χ0v) is 22.8. The lowest BCUT2D eigenvalue weighted by atomic mass is 10.1. The van der Waals surface area contributed by atoms with Gasteiger partial charge in [0.25, 0.3) is 0 Å². The van der Waals surface area contributed by atoms with Crippen molar-refractivity contribution in [1.82, 2.24) is 15.0 Å². The highest BCUT2D eigenvalue weighted by Crippen LogP contribution is 2.31. The van der Waals surface area contributed by atoms with E-state index in [1.165, 1.54) is 4.31 Å². The Morgan fingerprint density at radius 1 is 1.05 bits per heavy atom. The molecule has 0 unspecified atom stereocenters. The fourth-order valence-corrected chi connectivity index (χ4v) is 6.53. The SMILES string of the molecule is CN(c1ccc(-c2cc3c(N4CCOCC4)ncnc3[nH]2)cc1)S(=O)(=O)Cc1cccc(N2CC[C@H](N)C2)c1. The molecule has 4 heterocycles. The molecular weight excluding hydrogens is 514 g/mol. The minimum Gasteiger partial charge on any atom is -0.378 e. The van der Waals surface area contributed by atoms with Crippen LogP contribution in [0.3, 0.4) is 0 Å². The molecule has 2 aromatic carbocycles. The number of ether oxygens (including phenoxy) is 1. The van der Waals surface area contributed by atoms with Gasteiger partial charge in [-0.2, -0.15) is 0 Å². The van der Waals surface area contributed by atoms with Crippen LogP contribution in [-0.2, 0) is 20.5 Å². The van der Waals surface area contributed by atoms with Gasteiger partial charge in [0.2, 0.25) is 10.0 Å². The number of nitrogens with zero attached hydrogens (tertiary/aromatic N) is 5. The zero-order valence-electron chi connectivity index (χ0n) is 22.0. The maximum Gasteiger partial charge on any atom is 0.239 e. The predicted molar refractivity (Wildman–Crippen MR) is 155 cm³/mol. The first-order chi connectivity index (χ1) is 18.9. The number of rotatable bonds is 7. The largest absolute Gasteiger partial charge is 0.378 e. The number of hydrogen-bond donors (Lipinski definition) is 2. The molecule has 2 fully saturated rings. The average molecular weight is 548 g/mol.